The van der Waals surface area contributed by atoms with Crippen LogP contribution in [0.4, 0.5) is 4.39 Å². The highest BCUT2D eigenvalue weighted by Gasteiger charge is 2.31. The van der Waals surface area contributed by atoms with Crippen molar-refractivity contribution in [1.82, 2.24) is 9.80 Å². The molecule has 25 heavy (non-hydrogen) atoms. The van der Waals surface area contributed by atoms with E-state index in [-0.39, 0.29) is 17.7 Å². The van der Waals surface area contributed by atoms with E-state index in [1.165, 1.54) is 38.4 Å². The number of para-hydroxylation sites is 1. The number of benzene rings is 1. The molecule has 0 radical (unpaired) electrons. The summed E-state index contributed by atoms with van der Waals surface area (Å²) in [4.78, 5) is 17.4. The van der Waals surface area contributed by atoms with E-state index in [0.717, 1.165) is 32.4 Å². The van der Waals surface area contributed by atoms with Crippen molar-refractivity contribution in [3.05, 3.63) is 30.1 Å². The van der Waals surface area contributed by atoms with Crippen LogP contribution in [0.15, 0.2) is 24.3 Å². The van der Waals surface area contributed by atoms with Crippen LogP contribution < -0.4 is 4.74 Å². The number of nitrogens with zero attached hydrogens (tertiary/aromatic N) is 2. The normalized spacial score (nSPS) is 22.8. The van der Waals surface area contributed by atoms with Crippen LogP contribution >= 0.6 is 0 Å². The molecule has 2 heterocycles. The van der Waals surface area contributed by atoms with Crippen molar-refractivity contribution < 1.29 is 13.9 Å². The van der Waals surface area contributed by atoms with Crippen LogP contribution in [0.2, 0.25) is 0 Å². The smallest absolute Gasteiger partial charge is 0.263 e. The van der Waals surface area contributed by atoms with Crippen LogP contribution in [0.1, 0.15) is 45.4 Å². The number of rotatable bonds is 6. The van der Waals surface area contributed by atoms with Gasteiger partial charge in [-0.3, -0.25) is 4.79 Å². The summed E-state index contributed by atoms with van der Waals surface area (Å²) in [5, 5.41) is 0. The number of amides is 1. The summed E-state index contributed by atoms with van der Waals surface area (Å²) >= 11 is 0. The van der Waals surface area contributed by atoms with Crippen LogP contribution in [-0.2, 0) is 4.79 Å². The SMILES string of the molecule is CC(Oc1ccccc1F)C(=O)N1CCCCC1CCN1CCCC1. The van der Waals surface area contributed by atoms with Crippen LogP contribution in [-0.4, -0.2) is 54.0 Å². The number of halogens is 1. The topological polar surface area (TPSA) is 32.8 Å². The van der Waals surface area contributed by atoms with Gasteiger partial charge in [0.1, 0.15) is 0 Å². The van der Waals surface area contributed by atoms with Crippen molar-refractivity contribution in [1.29, 1.82) is 0 Å². The van der Waals surface area contributed by atoms with Crippen molar-refractivity contribution in [3.8, 4) is 5.75 Å². The highest BCUT2D eigenvalue weighted by molar-refractivity contribution is 5.81. The number of hydrogen-bond acceptors (Lipinski definition) is 3. The van der Waals surface area contributed by atoms with E-state index in [1.54, 1.807) is 25.1 Å². The molecule has 1 aromatic rings. The first-order valence-electron chi connectivity index (χ1n) is 9.59. The zero-order valence-electron chi connectivity index (χ0n) is 15.1. The van der Waals surface area contributed by atoms with Crippen molar-refractivity contribution in [2.24, 2.45) is 0 Å². The fraction of sp³-hybridized carbons (Fsp3) is 0.650. The molecule has 3 rings (SSSR count). The van der Waals surface area contributed by atoms with Crippen LogP contribution in [0, 0.1) is 5.82 Å². The molecule has 0 aromatic heterocycles. The maximum atomic E-state index is 13.8. The third-order valence-corrected chi connectivity index (χ3v) is 5.38. The summed E-state index contributed by atoms with van der Waals surface area (Å²) < 4.78 is 19.4. The van der Waals surface area contributed by atoms with Crippen molar-refractivity contribution in [2.75, 3.05) is 26.2 Å². The molecule has 2 saturated heterocycles. The van der Waals surface area contributed by atoms with Gasteiger partial charge in [0.2, 0.25) is 0 Å². The summed E-state index contributed by atoms with van der Waals surface area (Å²) in [5.41, 5.74) is 0. The lowest BCUT2D eigenvalue weighted by Crippen LogP contribution is -2.49. The molecule has 1 aromatic carbocycles. The molecule has 0 N–H and O–H groups in total. The fourth-order valence-corrected chi connectivity index (χ4v) is 3.94. The van der Waals surface area contributed by atoms with E-state index >= 15 is 0 Å². The third-order valence-electron chi connectivity index (χ3n) is 5.38. The highest BCUT2D eigenvalue weighted by atomic mass is 19.1. The molecule has 0 aliphatic carbocycles. The quantitative estimate of drug-likeness (QED) is 0.789. The Morgan fingerprint density at radius 2 is 1.92 bits per heavy atom. The van der Waals surface area contributed by atoms with Crippen LogP contribution in [0.25, 0.3) is 0 Å². The lowest BCUT2D eigenvalue weighted by Gasteiger charge is -2.38. The second-order valence-electron chi connectivity index (χ2n) is 7.21. The molecule has 0 spiro atoms. The molecular weight excluding hydrogens is 319 g/mol. The summed E-state index contributed by atoms with van der Waals surface area (Å²) in [6, 6.07) is 6.55. The van der Waals surface area contributed by atoms with Crippen molar-refractivity contribution in [3.63, 3.8) is 0 Å². The number of carbonyl (C=O) groups excluding carboxylic acids is 1. The van der Waals surface area contributed by atoms with Crippen molar-refractivity contribution >= 4 is 5.91 Å². The fourth-order valence-electron chi connectivity index (χ4n) is 3.94. The minimum absolute atomic E-state index is 0.0191. The second kappa shape index (κ2) is 8.65. The minimum Gasteiger partial charge on any atom is -0.478 e. The molecule has 2 aliphatic heterocycles. The predicted octanol–water partition coefficient (Wildman–Crippen LogP) is 3.46. The van der Waals surface area contributed by atoms with Crippen molar-refractivity contribution in [2.45, 2.75) is 57.6 Å². The number of ether oxygens (including phenoxy) is 1. The Kier molecular flexibility index (Phi) is 6.29. The van der Waals surface area contributed by atoms with Gasteiger partial charge in [-0.25, -0.2) is 4.39 Å². The van der Waals surface area contributed by atoms with Gasteiger partial charge in [-0.1, -0.05) is 12.1 Å². The Labute approximate surface area is 149 Å². The number of hydrogen-bond donors (Lipinski definition) is 0. The molecule has 138 valence electrons. The molecule has 4 nitrogen and oxygen atoms in total. The van der Waals surface area contributed by atoms with E-state index in [4.69, 9.17) is 4.74 Å². The van der Waals surface area contributed by atoms with Crippen LogP contribution in [0.3, 0.4) is 0 Å². The maximum Gasteiger partial charge on any atom is 0.263 e. The first-order valence-corrected chi connectivity index (χ1v) is 9.59. The molecular formula is C20H29FN2O2. The summed E-state index contributed by atoms with van der Waals surface area (Å²) in [6.07, 6.45) is 6.23. The number of piperidine rings is 1. The van der Waals surface area contributed by atoms with Gasteiger partial charge in [0, 0.05) is 19.1 Å². The third kappa shape index (κ3) is 4.72. The monoisotopic (exact) mass is 348 g/mol. The molecule has 2 aliphatic rings. The number of carbonyl (C=O) groups is 1. The summed E-state index contributed by atoms with van der Waals surface area (Å²) in [7, 11) is 0. The van der Waals surface area contributed by atoms with Gasteiger partial charge < -0.3 is 14.5 Å². The lowest BCUT2D eigenvalue weighted by molar-refractivity contribution is -0.142. The zero-order valence-corrected chi connectivity index (χ0v) is 15.1. The average Bonchev–Trinajstić information content (AvgIpc) is 3.15. The van der Waals surface area contributed by atoms with Gasteiger partial charge in [0.15, 0.2) is 17.7 Å². The Balaban J connectivity index is 1.58. The van der Waals surface area contributed by atoms with Gasteiger partial charge >= 0.3 is 0 Å². The first kappa shape index (κ1) is 18.2. The van der Waals surface area contributed by atoms with E-state index in [2.05, 4.69) is 4.90 Å². The van der Waals surface area contributed by atoms with E-state index in [9.17, 15) is 9.18 Å². The van der Waals surface area contributed by atoms with Gasteiger partial charge in [-0.2, -0.15) is 0 Å². The van der Waals surface area contributed by atoms with Gasteiger partial charge in [-0.05, 0) is 70.7 Å². The molecule has 2 fully saturated rings. The lowest BCUT2D eigenvalue weighted by atomic mass is 9.98. The van der Waals surface area contributed by atoms with E-state index < -0.39 is 11.9 Å². The Bertz CT molecular complexity index is 575. The average molecular weight is 348 g/mol. The highest BCUT2D eigenvalue weighted by Crippen LogP contribution is 2.24. The molecule has 0 bridgehead atoms. The maximum absolute atomic E-state index is 13.8. The summed E-state index contributed by atoms with van der Waals surface area (Å²) in [6.45, 7) is 5.95. The Hall–Kier alpha value is -1.62. The van der Waals surface area contributed by atoms with Gasteiger partial charge in [0.25, 0.3) is 5.91 Å². The molecule has 5 heteroatoms. The molecule has 2 atom stereocenters. The standard InChI is InChI=1S/C20H29FN2O2/c1-16(25-19-10-3-2-9-18(19)21)20(24)23-14-5-4-8-17(23)11-15-22-12-6-7-13-22/h2-3,9-10,16-17H,4-8,11-15H2,1H3. The second-order valence-corrected chi connectivity index (χ2v) is 7.21. The minimum atomic E-state index is -0.663. The zero-order chi connectivity index (χ0) is 17.6. The first-order chi connectivity index (χ1) is 12.1. The largest absolute Gasteiger partial charge is 0.478 e. The molecule has 1 amide bonds. The molecule has 2 unspecified atom stereocenters. The number of likely N-dealkylation sites (tertiary alicyclic amines) is 2. The van der Waals surface area contributed by atoms with E-state index in [1.807, 2.05) is 4.90 Å². The Morgan fingerprint density at radius 3 is 2.68 bits per heavy atom. The van der Waals surface area contributed by atoms with Crippen LogP contribution in [0.5, 0.6) is 5.75 Å². The summed E-state index contributed by atoms with van der Waals surface area (Å²) in [5.74, 6) is -0.297. The molecule has 0 saturated carbocycles. The van der Waals surface area contributed by atoms with Gasteiger partial charge in [0.05, 0.1) is 0 Å². The van der Waals surface area contributed by atoms with Gasteiger partial charge in [-0.15, -0.1) is 0 Å². The Morgan fingerprint density at radius 1 is 1.20 bits per heavy atom. The van der Waals surface area contributed by atoms with E-state index in [0.29, 0.717) is 0 Å². The predicted molar refractivity (Wildman–Crippen MR) is 96.1 cm³/mol.